The van der Waals surface area contributed by atoms with Crippen LogP contribution in [0.2, 0.25) is 0 Å². The summed E-state index contributed by atoms with van der Waals surface area (Å²) >= 11 is 1.56. The van der Waals surface area contributed by atoms with E-state index < -0.39 is 0 Å². The van der Waals surface area contributed by atoms with Gasteiger partial charge in [-0.1, -0.05) is 35.9 Å². The molecule has 2 aliphatic rings. The molecule has 1 N–H and O–H groups in total. The fraction of sp³-hybridized carbons (Fsp3) is 0.357. The lowest BCUT2D eigenvalue weighted by atomic mass is 10.1. The number of nitrogens with one attached hydrogen (secondary N) is 1. The number of carbonyl (C=O) groups is 2. The normalized spacial score (nSPS) is 20.6. The third kappa shape index (κ3) is 3.89. The number of piperidine rings is 1. The van der Waals surface area contributed by atoms with E-state index in [-0.39, 0.29) is 17.9 Å². The Kier molecular flexibility index (Phi) is 5.44. The molecule has 2 amide bonds. The molecule has 1 saturated heterocycles. The standard InChI is InChI=1S/C28H29N5O2S/c1-15-6-5-7-19(10-15)26-24(31-18(4)36-26)28(35)32-14-20-11-21(20)22(32)12-29-27(34)25-17(3)30-23-9-8-16(2)13-33(23)25/h5-10,13,20-22H,11-12,14H2,1-4H3,(H,29,34)/t20-,21-,22-/m1/s1. The molecule has 3 aromatic heterocycles. The Hall–Kier alpha value is -3.52. The summed E-state index contributed by atoms with van der Waals surface area (Å²) in [5, 5.41) is 4.00. The van der Waals surface area contributed by atoms with Gasteiger partial charge in [0.15, 0.2) is 0 Å². The van der Waals surface area contributed by atoms with Gasteiger partial charge in [0, 0.05) is 19.3 Å². The fourth-order valence-electron chi connectivity index (χ4n) is 5.58. The second kappa shape index (κ2) is 8.55. The first-order valence-electron chi connectivity index (χ1n) is 12.4. The molecule has 1 saturated carbocycles. The Balaban J connectivity index is 1.24. The predicted octanol–water partition coefficient (Wildman–Crippen LogP) is 4.58. The first kappa shape index (κ1) is 22.9. The molecule has 184 valence electrons. The van der Waals surface area contributed by atoms with Crippen molar-refractivity contribution >= 4 is 28.8 Å². The number of nitrogens with zero attached hydrogens (tertiary/aromatic N) is 4. The van der Waals surface area contributed by atoms with E-state index >= 15 is 0 Å². The topological polar surface area (TPSA) is 79.6 Å². The van der Waals surface area contributed by atoms with Gasteiger partial charge in [0.1, 0.15) is 17.0 Å². The Labute approximate surface area is 214 Å². The highest BCUT2D eigenvalue weighted by molar-refractivity contribution is 7.15. The summed E-state index contributed by atoms with van der Waals surface area (Å²) in [4.78, 5) is 39.1. The van der Waals surface area contributed by atoms with Gasteiger partial charge in [-0.05, 0) is 63.1 Å². The first-order chi connectivity index (χ1) is 17.3. The monoisotopic (exact) mass is 499 g/mol. The van der Waals surface area contributed by atoms with Gasteiger partial charge in [-0.3, -0.25) is 14.0 Å². The maximum atomic E-state index is 13.8. The van der Waals surface area contributed by atoms with Gasteiger partial charge < -0.3 is 10.2 Å². The van der Waals surface area contributed by atoms with Crippen LogP contribution in [0.4, 0.5) is 0 Å². The molecule has 0 radical (unpaired) electrons. The van der Waals surface area contributed by atoms with Gasteiger partial charge in [0.25, 0.3) is 11.8 Å². The van der Waals surface area contributed by atoms with Crippen molar-refractivity contribution in [3.63, 3.8) is 0 Å². The van der Waals surface area contributed by atoms with Crippen LogP contribution in [-0.4, -0.2) is 50.2 Å². The van der Waals surface area contributed by atoms with Gasteiger partial charge in [0.2, 0.25) is 0 Å². The Bertz CT molecular complexity index is 1520. The lowest BCUT2D eigenvalue weighted by Crippen LogP contribution is -2.46. The van der Waals surface area contributed by atoms with Crippen molar-refractivity contribution in [1.82, 2.24) is 24.6 Å². The maximum Gasteiger partial charge on any atom is 0.274 e. The van der Waals surface area contributed by atoms with Crippen molar-refractivity contribution in [3.05, 3.63) is 75.8 Å². The molecule has 2 fully saturated rings. The summed E-state index contributed by atoms with van der Waals surface area (Å²) < 4.78 is 1.85. The number of hydrogen-bond donors (Lipinski definition) is 1. The molecule has 1 aliphatic heterocycles. The molecule has 4 aromatic rings. The molecule has 8 heteroatoms. The maximum absolute atomic E-state index is 13.8. The predicted molar refractivity (Wildman–Crippen MR) is 140 cm³/mol. The summed E-state index contributed by atoms with van der Waals surface area (Å²) in [6.45, 7) is 9.00. The highest BCUT2D eigenvalue weighted by Gasteiger charge is 2.54. The average molecular weight is 500 g/mol. The minimum absolute atomic E-state index is 0.0277. The second-order valence-corrected chi connectivity index (χ2v) is 11.4. The van der Waals surface area contributed by atoms with Crippen LogP contribution in [0, 0.1) is 39.5 Å². The van der Waals surface area contributed by atoms with Crippen molar-refractivity contribution in [3.8, 4) is 10.4 Å². The zero-order valence-corrected chi connectivity index (χ0v) is 21.7. The molecule has 6 rings (SSSR count). The van der Waals surface area contributed by atoms with E-state index in [1.807, 2.05) is 60.5 Å². The lowest BCUT2D eigenvalue weighted by molar-refractivity contribution is 0.0690. The van der Waals surface area contributed by atoms with Crippen molar-refractivity contribution in [2.75, 3.05) is 13.1 Å². The van der Waals surface area contributed by atoms with E-state index in [9.17, 15) is 9.59 Å². The number of amides is 2. The van der Waals surface area contributed by atoms with Crippen molar-refractivity contribution in [2.24, 2.45) is 11.8 Å². The zero-order valence-electron chi connectivity index (χ0n) is 20.9. The molecule has 3 atom stereocenters. The summed E-state index contributed by atoms with van der Waals surface area (Å²) in [6.07, 6.45) is 3.04. The number of imidazole rings is 1. The Morgan fingerprint density at radius 3 is 2.72 bits per heavy atom. The SMILES string of the molecule is Cc1cccc(-c2sc(C)nc2C(=O)N2C[C@H]3C[C@H]3[C@H]2CNC(=O)c2c(C)nc3ccc(C)cn23)c1. The molecular formula is C28H29N5O2S. The van der Waals surface area contributed by atoms with Crippen LogP contribution >= 0.6 is 11.3 Å². The molecule has 36 heavy (non-hydrogen) atoms. The minimum atomic E-state index is -0.160. The molecule has 0 unspecified atom stereocenters. The van der Waals surface area contributed by atoms with Gasteiger partial charge in [-0.15, -0.1) is 11.3 Å². The van der Waals surface area contributed by atoms with E-state index in [1.54, 1.807) is 11.3 Å². The van der Waals surface area contributed by atoms with Crippen LogP contribution in [0.25, 0.3) is 16.1 Å². The number of rotatable bonds is 5. The average Bonchev–Trinajstić information content (AvgIpc) is 3.17. The third-order valence-corrected chi connectivity index (χ3v) is 8.43. The Morgan fingerprint density at radius 2 is 1.92 bits per heavy atom. The van der Waals surface area contributed by atoms with Crippen LogP contribution in [0.15, 0.2) is 42.6 Å². The summed E-state index contributed by atoms with van der Waals surface area (Å²) in [6, 6.07) is 12.1. The number of fused-ring (bicyclic) bond motifs is 2. The van der Waals surface area contributed by atoms with Crippen molar-refractivity contribution in [1.29, 1.82) is 0 Å². The number of thiazole rings is 1. The molecule has 1 aliphatic carbocycles. The Morgan fingerprint density at radius 1 is 1.08 bits per heavy atom. The lowest BCUT2D eigenvalue weighted by Gasteiger charge is -2.27. The van der Waals surface area contributed by atoms with Crippen LogP contribution in [0.3, 0.4) is 0 Å². The van der Waals surface area contributed by atoms with Crippen LogP contribution in [-0.2, 0) is 0 Å². The van der Waals surface area contributed by atoms with E-state index in [0.29, 0.717) is 35.5 Å². The largest absolute Gasteiger partial charge is 0.349 e. The van der Waals surface area contributed by atoms with Crippen LogP contribution in [0.5, 0.6) is 0 Å². The summed E-state index contributed by atoms with van der Waals surface area (Å²) in [5.41, 5.74) is 5.76. The molecular weight excluding hydrogens is 470 g/mol. The number of pyridine rings is 1. The van der Waals surface area contributed by atoms with E-state index in [4.69, 9.17) is 0 Å². The number of aromatic nitrogens is 3. The molecule has 7 nitrogen and oxygen atoms in total. The first-order valence-corrected chi connectivity index (χ1v) is 13.2. The number of carbonyl (C=O) groups excluding carboxylic acids is 2. The van der Waals surface area contributed by atoms with Gasteiger partial charge in [-0.25, -0.2) is 9.97 Å². The number of hydrogen-bond acceptors (Lipinski definition) is 5. The highest BCUT2D eigenvalue weighted by Crippen LogP contribution is 2.50. The molecule has 0 bridgehead atoms. The summed E-state index contributed by atoms with van der Waals surface area (Å²) in [7, 11) is 0. The van der Waals surface area contributed by atoms with E-state index in [0.717, 1.165) is 45.2 Å². The minimum Gasteiger partial charge on any atom is -0.349 e. The number of aryl methyl sites for hydroxylation is 4. The third-order valence-electron chi connectivity index (χ3n) is 7.41. The van der Waals surface area contributed by atoms with Crippen molar-refractivity contribution in [2.45, 2.75) is 40.2 Å². The summed E-state index contributed by atoms with van der Waals surface area (Å²) in [5.74, 6) is 0.746. The molecule has 1 aromatic carbocycles. The fourth-order valence-corrected chi connectivity index (χ4v) is 6.49. The van der Waals surface area contributed by atoms with E-state index in [2.05, 4.69) is 34.3 Å². The molecule has 4 heterocycles. The highest BCUT2D eigenvalue weighted by atomic mass is 32.1. The van der Waals surface area contributed by atoms with Gasteiger partial charge in [0.05, 0.1) is 21.6 Å². The number of benzene rings is 1. The van der Waals surface area contributed by atoms with Crippen molar-refractivity contribution < 1.29 is 9.59 Å². The smallest absolute Gasteiger partial charge is 0.274 e. The van der Waals surface area contributed by atoms with E-state index in [1.165, 1.54) is 0 Å². The molecule has 0 spiro atoms. The van der Waals surface area contributed by atoms with Crippen LogP contribution < -0.4 is 5.32 Å². The number of likely N-dealkylation sites (tertiary alicyclic amines) is 1. The van der Waals surface area contributed by atoms with Gasteiger partial charge >= 0.3 is 0 Å². The van der Waals surface area contributed by atoms with Gasteiger partial charge in [-0.2, -0.15) is 0 Å². The van der Waals surface area contributed by atoms with Crippen LogP contribution in [0.1, 0.15) is 49.2 Å². The zero-order chi connectivity index (χ0) is 25.1. The quantitative estimate of drug-likeness (QED) is 0.436. The second-order valence-electron chi connectivity index (χ2n) is 10.2.